The summed E-state index contributed by atoms with van der Waals surface area (Å²) < 4.78 is 1.72. The molecule has 134 valence electrons. The minimum absolute atomic E-state index is 0.172. The number of thiophene rings is 1. The van der Waals surface area contributed by atoms with Crippen molar-refractivity contribution in [2.45, 2.75) is 6.92 Å². The molecule has 2 aromatic heterocycles. The molecule has 0 atom stereocenters. The van der Waals surface area contributed by atoms with Gasteiger partial charge in [0.25, 0.3) is 5.91 Å². The first-order valence-corrected chi connectivity index (χ1v) is 9.42. The lowest BCUT2D eigenvalue weighted by molar-refractivity contribution is 0.0983. The van der Waals surface area contributed by atoms with Gasteiger partial charge in [-0.2, -0.15) is 0 Å². The van der Waals surface area contributed by atoms with Crippen LogP contribution >= 0.6 is 11.3 Å². The number of aryl methyl sites for hydroxylation is 1. The Morgan fingerprint density at radius 1 is 1.00 bits per heavy atom. The largest absolute Gasteiger partial charge is 0.309 e. The van der Waals surface area contributed by atoms with E-state index in [1.54, 1.807) is 28.0 Å². The molecule has 2 heterocycles. The standard InChI is InChI=1S/C21H18N4OS/c1-15-10-12-16(13-11-15)24(2)21(26)19-22-20(18-9-6-14-27-18)25(23-19)17-7-4-3-5-8-17/h3-14H,1-2H3. The lowest BCUT2D eigenvalue weighted by atomic mass is 10.2. The van der Waals surface area contributed by atoms with E-state index in [0.717, 1.165) is 21.8 Å². The van der Waals surface area contributed by atoms with Crippen molar-refractivity contribution < 1.29 is 4.79 Å². The van der Waals surface area contributed by atoms with Gasteiger partial charge in [-0.15, -0.1) is 16.4 Å². The molecule has 0 saturated heterocycles. The van der Waals surface area contributed by atoms with Gasteiger partial charge in [-0.3, -0.25) is 4.79 Å². The lowest BCUT2D eigenvalue weighted by Gasteiger charge is -2.15. The molecule has 2 aromatic carbocycles. The molecule has 5 nitrogen and oxygen atoms in total. The first kappa shape index (κ1) is 17.2. The Bertz CT molecular complexity index is 1050. The summed E-state index contributed by atoms with van der Waals surface area (Å²) in [5.74, 6) is 0.591. The Balaban J connectivity index is 1.75. The van der Waals surface area contributed by atoms with Crippen molar-refractivity contribution in [3.05, 3.63) is 83.5 Å². The maximum Gasteiger partial charge on any atom is 0.297 e. The van der Waals surface area contributed by atoms with E-state index in [4.69, 9.17) is 0 Å². The number of benzene rings is 2. The van der Waals surface area contributed by atoms with E-state index >= 15 is 0 Å². The van der Waals surface area contributed by atoms with Crippen LogP contribution in [0.5, 0.6) is 0 Å². The number of amides is 1. The Morgan fingerprint density at radius 3 is 2.41 bits per heavy atom. The maximum absolute atomic E-state index is 13.0. The van der Waals surface area contributed by atoms with Crippen molar-refractivity contribution >= 4 is 22.9 Å². The summed E-state index contributed by atoms with van der Waals surface area (Å²) in [4.78, 5) is 20.1. The highest BCUT2D eigenvalue weighted by molar-refractivity contribution is 7.13. The van der Waals surface area contributed by atoms with Crippen LogP contribution in [-0.4, -0.2) is 27.7 Å². The van der Waals surface area contributed by atoms with Gasteiger partial charge < -0.3 is 4.90 Å². The average Bonchev–Trinajstić information content (AvgIpc) is 3.38. The van der Waals surface area contributed by atoms with Crippen molar-refractivity contribution in [3.63, 3.8) is 0 Å². The van der Waals surface area contributed by atoms with Crippen LogP contribution in [0.2, 0.25) is 0 Å². The molecule has 27 heavy (non-hydrogen) atoms. The second kappa shape index (κ2) is 7.17. The number of nitrogens with zero attached hydrogens (tertiary/aromatic N) is 4. The van der Waals surface area contributed by atoms with Gasteiger partial charge in [0.1, 0.15) is 0 Å². The third-order valence-corrected chi connectivity index (χ3v) is 5.13. The molecule has 0 N–H and O–H groups in total. The van der Waals surface area contributed by atoms with Gasteiger partial charge in [-0.05, 0) is 42.6 Å². The highest BCUT2D eigenvalue weighted by Crippen LogP contribution is 2.26. The Labute approximate surface area is 161 Å². The van der Waals surface area contributed by atoms with E-state index in [9.17, 15) is 4.79 Å². The van der Waals surface area contributed by atoms with Crippen LogP contribution in [0.25, 0.3) is 16.4 Å². The summed E-state index contributed by atoms with van der Waals surface area (Å²) in [6.45, 7) is 2.02. The third-order valence-electron chi connectivity index (χ3n) is 4.27. The minimum atomic E-state index is -0.244. The second-order valence-electron chi connectivity index (χ2n) is 6.18. The van der Waals surface area contributed by atoms with Crippen LogP contribution in [0.15, 0.2) is 72.1 Å². The fourth-order valence-electron chi connectivity index (χ4n) is 2.75. The van der Waals surface area contributed by atoms with Gasteiger partial charge in [-0.1, -0.05) is 42.0 Å². The van der Waals surface area contributed by atoms with Gasteiger partial charge in [-0.25, -0.2) is 9.67 Å². The van der Waals surface area contributed by atoms with Crippen molar-refractivity contribution in [2.75, 3.05) is 11.9 Å². The summed E-state index contributed by atoms with van der Waals surface area (Å²) in [5.41, 5.74) is 2.82. The smallest absolute Gasteiger partial charge is 0.297 e. The lowest BCUT2D eigenvalue weighted by Crippen LogP contribution is -2.27. The van der Waals surface area contributed by atoms with E-state index in [2.05, 4.69) is 10.1 Å². The first-order chi connectivity index (χ1) is 13.1. The van der Waals surface area contributed by atoms with Crippen LogP contribution < -0.4 is 4.90 Å². The van der Waals surface area contributed by atoms with Crippen LogP contribution in [0, 0.1) is 6.92 Å². The molecule has 0 radical (unpaired) electrons. The summed E-state index contributed by atoms with van der Waals surface area (Å²) >= 11 is 1.57. The molecule has 0 spiro atoms. The predicted octanol–water partition coefficient (Wildman–Crippen LogP) is 4.58. The number of hydrogen-bond donors (Lipinski definition) is 0. The van der Waals surface area contributed by atoms with Crippen molar-refractivity contribution in [2.24, 2.45) is 0 Å². The van der Waals surface area contributed by atoms with Crippen LogP contribution in [0.1, 0.15) is 16.2 Å². The van der Waals surface area contributed by atoms with Crippen molar-refractivity contribution in [1.29, 1.82) is 0 Å². The molecule has 0 fully saturated rings. The van der Waals surface area contributed by atoms with Gasteiger partial charge in [0.15, 0.2) is 5.82 Å². The molecule has 1 amide bonds. The highest BCUT2D eigenvalue weighted by atomic mass is 32.1. The number of anilines is 1. The monoisotopic (exact) mass is 374 g/mol. The topological polar surface area (TPSA) is 51.0 Å². The maximum atomic E-state index is 13.0. The van der Waals surface area contributed by atoms with Gasteiger partial charge >= 0.3 is 0 Å². The molecule has 0 saturated carbocycles. The minimum Gasteiger partial charge on any atom is -0.309 e. The van der Waals surface area contributed by atoms with E-state index in [-0.39, 0.29) is 11.7 Å². The van der Waals surface area contributed by atoms with Gasteiger partial charge in [0.2, 0.25) is 5.82 Å². The van der Waals surface area contributed by atoms with Crippen molar-refractivity contribution in [3.8, 4) is 16.4 Å². The summed E-state index contributed by atoms with van der Waals surface area (Å²) in [6, 6.07) is 21.5. The van der Waals surface area contributed by atoms with Crippen LogP contribution in [0.3, 0.4) is 0 Å². The SMILES string of the molecule is Cc1ccc(N(C)C(=O)c2nc(-c3cccs3)n(-c3ccccc3)n2)cc1. The Morgan fingerprint density at radius 2 is 1.74 bits per heavy atom. The molecule has 0 aliphatic carbocycles. The fraction of sp³-hybridized carbons (Fsp3) is 0.0952. The van der Waals surface area contributed by atoms with Gasteiger partial charge in [0, 0.05) is 12.7 Å². The second-order valence-corrected chi connectivity index (χ2v) is 7.13. The molecule has 0 aliphatic rings. The zero-order chi connectivity index (χ0) is 18.8. The molecule has 0 aliphatic heterocycles. The zero-order valence-electron chi connectivity index (χ0n) is 15.0. The summed E-state index contributed by atoms with van der Waals surface area (Å²) in [7, 11) is 1.74. The summed E-state index contributed by atoms with van der Waals surface area (Å²) in [5, 5.41) is 6.51. The number of rotatable bonds is 4. The molecular weight excluding hydrogens is 356 g/mol. The van der Waals surface area contributed by atoms with Crippen molar-refractivity contribution in [1.82, 2.24) is 14.8 Å². The number of carbonyl (C=O) groups excluding carboxylic acids is 1. The van der Waals surface area contributed by atoms with E-state index in [1.165, 1.54) is 0 Å². The molecule has 6 heteroatoms. The number of aromatic nitrogens is 3. The molecule has 0 unspecified atom stereocenters. The molecule has 0 bridgehead atoms. The van der Waals surface area contributed by atoms with E-state index in [0.29, 0.717) is 5.82 Å². The zero-order valence-corrected chi connectivity index (χ0v) is 15.9. The average molecular weight is 374 g/mol. The summed E-state index contributed by atoms with van der Waals surface area (Å²) in [6.07, 6.45) is 0. The first-order valence-electron chi connectivity index (χ1n) is 8.54. The highest BCUT2D eigenvalue weighted by Gasteiger charge is 2.22. The predicted molar refractivity (Wildman–Crippen MR) is 109 cm³/mol. The molecule has 4 rings (SSSR count). The molecule has 4 aromatic rings. The Hall–Kier alpha value is -3.25. The van der Waals surface area contributed by atoms with E-state index < -0.39 is 0 Å². The van der Waals surface area contributed by atoms with E-state index in [1.807, 2.05) is 79.0 Å². The molecular formula is C21H18N4OS. The van der Waals surface area contributed by atoms with Crippen LogP contribution in [-0.2, 0) is 0 Å². The number of carbonyl (C=O) groups is 1. The normalized spacial score (nSPS) is 10.7. The fourth-order valence-corrected chi connectivity index (χ4v) is 3.45. The number of para-hydroxylation sites is 1. The third kappa shape index (κ3) is 3.39. The number of hydrogen-bond acceptors (Lipinski definition) is 4. The van der Waals surface area contributed by atoms with Gasteiger partial charge in [0.05, 0.1) is 10.6 Å². The quantitative estimate of drug-likeness (QED) is 0.525. The van der Waals surface area contributed by atoms with Crippen LogP contribution in [0.4, 0.5) is 5.69 Å². The Kier molecular flexibility index (Phi) is 4.56.